The Kier molecular flexibility index (Phi) is 3.46. The maximum atomic E-state index is 11.9. The van der Waals surface area contributed by atoms with E-state index in [1.807, 2.05) is 11.9 Å². The Morgan fingerprint density at radius 2 is 2.40 bits per heavy atom. The van der Waals surface area contributed by atoms with Crippen molar-refractivity contribution in [3.8, 4) is 0 Å². The number of rotatable bonds is 3. The van der Waals surface area contributed by atoms with Gasteiger partial charge in [-0.1, -0.05) is 6.42 Å². The number of hydrogen-bond donors (Lipinski definition) is 0. The third-order valence-electron chi connectivity index (χ3n) is 2.85. The zero-order valence-electron chi connectivity index (χ0n) is 8.70. The quantitative estimate of drug-likeness (QED) is 0.836. The summed E-state index contributed by atoms with van der Waals surface area (Å²) in [6, 6.07) is 2.08. The molecule has 2 rings (SSSR count). The van der Waals surface area contributed by atoms with Crippen molar-refractivity contribution in [1.82, 2.24) is 4.90 Å². The lowest BCUT2D eigenvalue weighted by molar-refractivity contribution is -0.137. The number of carbonyl (C=O) groups excluding carboxylic acids is 1. The van der Waals surface area contributed by atoms with Gasteiger partial charge in [0.2, 0.25) is 5.91 Å². The van der Waals surface area contributed by atoms with Crippen molar-refractivity contribution in [1.29, 1.82) is 0 Å². The van der Waals surface area contributed by atoms with E-state index in [1.54, 1.807) is 11.3 Å². The SMILES string of the molecule is CN(Cc1cc(Br)cs1)C(=O)C1CCC1. The van der Waals surface area contributed by atoms with Crippen molar-refractivity contribution in [2.45, 2.75) is 25.8 Å². The molecule has 0 saturated heterocycles. The van der Waals surface area contributed by atoms with Gasteiger partial charge < -0.3 is 4.90 Å². The monoisotopic (exact) mass is 287 g/mol. The second-order valence-corrected chi connectivity index (χ2v) is 5.96. The molecule has 0 aliphatic heterocycles. The Bertz CT molecular complexity index is 359. The molecular formula is C11H14BrNOS. The van der Waals surface area contributed by atoms with Crippen molar-refractivity contribution in [2.75, 3.05) is 7.05 Å². The summed E-state index contributed by atoms with van der Waals surface area (Å²) in [6.07, 6.45) is 3.38. The summed E-state index contributed by atoms with van der Waals surface area (Å²) in [5.74, 6) is 0.615. The van der Waals surface area contributed by atoms with Crippen LogP contribution in [0.5, 0.6) is 0 Å². The molecule has 1 aromatic heterocycles. The Labute approximate surface area is 102 Å². The van der Waals surface area contributed by atoms with Gasteiger partial charge in [-0.25, -0.2) is 0 Å². The molecule has 1 amide bonds. The van der Waals surface area contributed by atoms with E-state index in [0.29, 0.717) is 11.8 Å². The van der Waals surface area contributed by atoms with Crippen LogP contribution in [0.2, 0.25) is 0 Å². The molecule has 0 atom stereocenters. The van der Waals surface area contributed by atoms with Gasteiger partial charge in [0.15, 0.2) is 0 Å². The fourth-order valence-corrected chi connectivity index (χ4v) is 3.22. The highest BCUT2D eigenvalue weighted by Gasteiger charge is 2.27. The van der Waals surface area contributed by atoms with Crippen LogP contribution in [0.1, 0.15) is 24.1 Å². The van der Waals surface area contributed by atoms with Gasteiger partial charge in [0, 0.05) is 27.7 Å². The molecule has 4 heteroatoms. The van der Waals surface area contributed by atoms with Crippen LogP contribution in [0, 0.1) is 5.92 Å². The van der Waals surface area contributed by atoms with Gasteiger partial charge in [0.05, 0.1) is 6.54 Å². The van der Waals surface area contributed by atoms with Crippen LogP contribution in [0.15, 0.2) is 15.9 Å². The van der Waals surface area contributed by atoms with E-state index in [1.165, 1.54) is 11.3 Å². The average Bonchev–Trinajstić information content (AvgIpc) is 2.48. The summed E-state index contributed by atoms with van der Waals surface area (Å²) in [5.41, 5.74) is 0. The standard InChI is InChI=1S/C11H14BrNOS/c1-13(11(14)8-3-2-4-8)6-10-5-9(12)7-15-10/h5,7-8H,2-4,6H2,1H3. The van der Waals surface area contributed by atoms with E-state index in [9.17, 15) is 4.79 Å². The van der Waals surface area contributed by atoms with E-state index >= 15 is 0 Å². The zero-order chi connectivity index (χ0) is 10.8. The highest BCUT2D eigenvalue weighted by atomic mass is 79.9. The van der Waals surface area contributed by atoms with Crippen LogP contribution in [0.4, 0.5) is 0 Å². The smallest absolute Gasteiger partial charge is 0.225 e. The first-order valence-electron chi connectivity index (χ1n) is 5.14. The molecule has 0 aromatic carbocycles. The fourth-order valence-electron chi connectivity index (χ4n) is 1.72. The van der Waals surface area contributed by atoms with E-state index in [4.69, 9.17) is 0 Å². The number of amides is 1. The summed E-state index contributed by atoms with van der Waals surface area (Å²) < 4.78 is 1.10. The van der Waals surface area contributed by atoms with E-state index in [0.717, 1.165) is 23.9 Å². The largest absolute Gasteiger partial charge is 0.340 e. The predicted molar refractivity (Wildman–Crippen MR) is 65.8 cm³/mol. The first kappa shape index (κ1) is 11.1. The van der Waals surface area contributed by atoms with Gasteiger partial charge in [-0.2, -0.15) is 0 Å². The number of thiophene rings is 1. The van der Waals surface area contributed by atoms with Crippen molar-refractivity contribution < 1.29 is 4.79 Å². The van der Waals surface area contributed by atoms with Gasteiger partial charge in [-0.3, -0.25) is 4.79 Å². The lowest BCUT2D eigenvalue weighted by atomic mass is 9.84. The minimum atomic E-state index is 0.304. The molecule has 1 aliphatic rings. The zero-order valence-corrected chi connectivity index (χ0v) is 11.1. The van der Waals surface area contributed by atoms with Crippen molar-refractivity contribution in [2.24, 2.45) is 5.92 Å². The van der Waals surface area contributed by atoms with E-state index < -0.39 is 0 Å². The first-order valence-corrected chi connectivity index (χ1v) is 6.82. The van der Waals surface area contributed by atoms with Crippen LogP contribution in [-0.2, 0) is 11.3 Å². The Morgan fingerprint density at radius 3 is 2.87 bits per heavy atom. The Hall–Kier alpha value is -0.350. The van der Waals surface area contributed by atoms with Crippen molar-refractivity contribution in [3.05, 3.63) is 20.8 Å². The molecule has 1 saturated carbocycles. The molecule has 0 radical (unpaired) electrons. The van der Waals surface area contributed by atoms with Crippen LogP contribution >= 0.6 is 27.3 Å². The lowest BCUT2D eigenvalue weighted by Gasteiger charge is -2.28. The number of hydrogen-bond acceptors (Lipinski definition) is 2. The molecule has 0 unspecified atom stereocenters. The highest BCUT2D eigenvalue weighted by molar-refractivity contribution is 9.10. The number of halogens is 1. The molecule has 2 nitrogen and oxygen atoms in total. The van der Waals surface area contributed by atoms with Crippen LogP contribution in [0.3, 0.4) is 0 Å². The van der Waals surface area contributed by atoms with E-state index in [2.05, 4.69) is 27.4 Å². The first-order chi connectivity index (χ1) is 7.16. The molecular weight excluding hydrogens is 274 g/mol. The molecule has 15 heavy (non-hydrogen) atoms. The van der Waals surface area contributed by atoms with Gasteiger partial charge in [0.1, 0.15) is 0 Å². The molecule has 0 spiro atoms. The second-order valence-electron chi connectivity index (χ2n) is 4.05. The van der Waals surface area contributed by atoms with Crippen molar-refractivity contribution >= 4 is 33.2 Å². The normalized spacial score (nSPS) is 16.1. The fraction of sp³-hybridized carbons (Fsp3) is 0.545. The Morgan fingerprint density at radius 1 is 1.67 bits per heavy atom. The maximum Gasteiger partial charge on any atom is 0.225 e. The van der Waals surface area contributed by atoms with Gasteiger partial charge in [-0.15, -0.1) is 11.3 Å². The maximum absolute atomic E-state index is 11.9. The molecule has 0 bridgehead atoms. The molecule has 1 fully saturated rings. The minimum absolute atomic E-state index is 0.304. The third-order valence-corrected chi connectivity index (χ3v) is 4.53. The van der Waals surface area contributed by atoms with Gasteiger partial charge >= 0.3 is 0 Å². The molecule has 1 heterocycles. The summed E-state index contributed by atoms with van der Waals surface area (Å²) in [6.45, 7) is 0.742. The Balaban J connectivity index is 1.91. The lowest BCUT2D eigenvalue weighted by Crippen LogP contribution is -2.35. The molecule has 1 aliphatic carbocycles. The van der Waals surface area contributed by atoms with Crippen LogP contribution in [-0.4, -0.2) is 17.9 Å². The van der Waals surface area contributed by atoms with Crippen LogP contribution < -0.4 is 0 Å². The summed E-state index contributed by atoms with van der Waals surface area (Å²) >= 11 is 5.11. The highest BCUT2D eigenvalue weighted by Crippen LogP contribution is 2.29. The second kappa shape index (κ2) is 4.66. The molecule has 1 aromatic rings. The predicted octanol–water partition coefficient (Wildman–Crippen LogP) is 3.27. The van der Waals surface area contributed by atoms with Crippen LogP contribution in [0.25, 0.3) is 0 Å². The summed E-state index contributed by atoms with van der Waals surface area (Å²) in [5, 5.41) is 2.05. The number of nitrogens with zero attached hydrogens (tertiary/aromatic N) is 1. The van der Waals surface area contributed by atoms with Crippen molar-refractivity contribution in [3.63, 3.8) is 0 Å². The minimum Gasteiger partial charge on any atom is -0.340 e. The molecule has 82 valence electrons. The number of carbonyl (C=O) groups is 1. The summed E-state index contributed by atoms with van der Waals surface area (Å²) in [7, 11) is 1.90. The molecule has 0 N–H and O–H groups in total. The summed E-state index contributed by atoms with van der Waals surface area (Å²) in [4.78, 5) is 14.9. The van der Waals surface area contributed by atoms with E-state index in [-0.39, 0.29) is 0 Å². The average molecular weight is 288 g/mol. The van der Waals surface area contributed by atoms with Gasteiger partial charge in [0.25, 0.3) is 0 Å². The van der Waals surface area contributed by atoms with Gasteiger partial charge in [-0.05, 0) is 34.8 Å². The third kappa shape index (κ3) is 2.61. The topological polar surface area (TPSA) is 20.3 Å².